The lowest BCUT2D eigenvalue weighted by Gasteiger charge is -2.32. The van der Waals surface area contributed by atoms with Crippen molar-refractivity contribution in [3.63, 3.8) is 0 Å². The van der Waals surface area contributed by atoms with Crippen molar-refractivity contribution in [2.45, 2.75) is 27.3 Å². The van der Waals surface area contributed by atoms with E-state index >= 15 is 0 Å². The minimum atomic E-state index is 0.589. The van der Waals surface area contributed by atoms with Crippen molar-refractivity contribution < 1.29 is 9.47 Å². The lowest BCUT2D eigenvalue weighted by molar-refractivity contribution is 0.286. The Morgan fingerprint density at radius 2 is 2.00 bits per heavy atom. The summed E-state index contributed by atoms with van der Waals surface area (Å²) >= 11 is 0. The largest absolute Gasteiger partial charge is 0.494 e. The smallest absolute Gasteiger partial charge is 0.161 e. The Hall–Kier alpha value is -2.16. The van der Waals surface area contributed by atoms with Crippen LogP contribution in [-0.2, 0) is 6.54 Å². The minimum absolute atomic E-state index is 0.589. The van der Waals surface area contributed by atoms with E-state index in [4.69, 9.17) is 9.47 Å². The van der Waals surface area contributed by atoms with E-state index in [9.17, 15) is 0 Å². The molecule has 0 bridgehead atoms. The summed E-state index contributed by atoms with van der Waals surface area (Å²) in [5.41, 5.74) is 4.95. The summed E-state index contributed by atoms with van der Waals surface area (Å²) < 4.78 is 11.5. The predicted molar refractivity (Wildman–Crippen MR) is 85.2 cm³/mol. The average Bonchev–Trinajstić information content (AvgIpc) is 2.49. The van der Waals surface area contributed by atoms with E-state index in [-0.39, 0.29) is 0 Å². The second-order valence-corrected chi connectivity index (χ2v) is 5.46. The first kappa shape index (κ1) is 13.8. The van der Waals surface area contributed by atoms with Crippen molar-refractivity contribution in [2.24, 2.45) is 0 Å². The van der Waals surface area contributed by atoms with Gasteiger partial charge in [0, 0.05) is 17.8 Å². The molecule has 0 aromatic heterocycles. The number of ether oxygens (including phenoxy) is 2. The molecule has 0 fully saturated rings. The van der Waals surface area contributed by atoms with Gasteiger partial charge in [-0.2, -0.15) is 0 Å². The second kappa shape index (κ2) is 5.68. The molecular formula is C18H21NO2. The average molecular weight is 283 g/mol. The van der Waals surface area contributed by atoms with E-state index in [1.165, 1.54) is 22.4 Å². The van der Waals surface area contributed by atoms with Gasteiger partial charge in [0.05, 0.1) is 6.61 Å². The zero-order valence-electron chi connectivity index (χ0n) is 12.8. The van der Waals surface area contributed by atoms with Crippen molar-refractivity contribution >= 4 is 5.69 Å². The van der Waals surface area contributed by atoms with Crippen LogP contribution in [-0.4, -0.2) is 13.3 Å². The molecule has 3 nitrogen and oxygen atoms in total. The molecule has 0 saturated carbocycles. The van der Waals surface area contributed by atoms with Gasteiger partial charge in [-0.1, -0.05) is 12.1 Å². The molecule has 3 heteroatoms. The van der Waals surface area contributed by atoms with Crippen molar-refractivity contribution in [1.82, 2.24) is 0 Å². The first-order valence-corrected chi connectivity index (χ1v) is 7.38. The molecule has 1 aliphatic rings. The summed E-state index contributed by atoms with van der Waals surface area (Å²) in [5, 5.41) is 0. The Labute approximate surface area is 126 Å². The number of fused-ring (bicyclic) bond motifs is 1. The molecule has 0 radical (unpaired) electrons. The summed E-state index contributed by atoms with van der Waals surface area (Å²) in [6.45, 7) is 8.38. The van der Waals surface area contributed by atoms with E-state index in [1.54, 1.807) is 0 Å². The molecule has 110 valence electrons. The highest BCUT2D eigenvalue weighted by molar-refractivity contribution is 5.57. The third kappa shape index (κ3) is 2.82. The highest BCUT2D eigenvalue weighted by Crippen LogP contribution is 2.32. The molecule has 0 N–H and O–H groups in total. The van der Waals surface area contributed by atoms with Crippen LogP contribution in [0.15, 0.2) is 36.4 Å². The maximum absolute atomic E-state index is 5.89. The number of hydrogen-bond acceptors (Lipinski definition) is 3. The Balaban J connectivity index is 1.89. The van der Waals surface area contributed by atoms with Crippen molar-refractivity contribution in [2.75, 3.05) is 18.2 Å². The summed E-state index contributed by atoms with van der Waals surface area (Å²) in [5.74, 6) is 1.86. The minimum Gasteiger partial charge on any atom is -0.494 e. The Kier molecular flexibility index (Phi) is 3.74. The Morgan fingerprint density at radius 1 is 1.14 bits per heavy atom. The van der Waals surface area contributed by atoms with Gasteiger partial charge in [0.15, 0.2) is 6.73 Å². The third-order valence-electron chi connectivity index (χ3n) is 3.79. The monoisotopic (exact) mass is 283 g/mol. The Bertz CT molecular complexity index is 652. The predicted octanol–water partition coefficient (Wildman–Crippen LogP) is 4.06. The van der Waals surface area contributed by atoms with E-state index in [0.717, 1.165) is 18.0 Å². The molecule has 1 heterocycles. The van der Waals surface area contributed by atoms with Gasteiger partial charge in [-0.25, -0.2) is 0 Å². The number of rotatable bonds is 3. The molecule has 1 aliphatic heterocycles. The number of benzene rings is 2. The summed E-state index contributed by atoms with van der Waals surface area (Å²) in [6.07, 6.45) is 0. The van der Waals surface area contributed by atoms with E-state index < -0.39 is 0 Å². The van der Waals surface area contributed by atoms with Crippen molar-refractivity contribution in [3.05, 3.63) is 53.1 Å². The summed E-state index contributed by atoms with van der Waals surface area (Å²) in [4.78, 5) is 2.26. The van der Waals surface area contributed by atoms with Crippen LogP contribution in [0.4, 0.5) is 5.69 Å². The molecule has 2 aromatic rings. The van der Waals surface area contributed by atoms with Crippen LogP contribution in [0.3, 0.4) is 0 Å². The van der Waals surface area contributed by atoms with Gasteiger partial charge in [-0.15, -0.1) is 0 Å². The van der Waals surface area contributed by atoms with Crippen molar-refractivity contribution in [1.29, 1.82) is 0 Å². The molecule has 0 aliphatic carbocycles. The summed E-state index contributed by atoms with van der Waals surface area (Å²) in [6, 6.07) is 12.6. The van der Waals surface area contributed by atoms with Crippen LogP contribution in [0, 0.1) is 13.8 Å². The Morgan fingerprint density at radius 3 is 2.81 bits per heavy atom. The van der Waals surface area contributed by atoms with Gasteiger partial charge in [-0.3, -0.25) is 0 Å². The maximum atomic E-state index is 5.89. The number of nitrogens with zero attached hydrogens (tertiary/aromatic N) is 1. The third-order valence-corrected chi connectivity index (χ3v) is 3.79. The molecule has 0 spiro atoms. The molecule has 3 rings (SSSR count). The van der Waals surface area contributed by atoms with Crippen LogP contribution in [0.25, 0.3) is 0 Å². The van der Waals surface area contributed by atoms with Crippen LogP contribution < -0.4 is 14.4 Å². The first-order valence-electron chi connectivity index (χ1n) is 7.38. The van der Waals surface area contributed by atoms with Gasteiger partial charge in [0.2, 0.25) is 0 Å². The maximum Gasteiger partial charge on any atom is 0.161 e. The number of hydrogen-bond donors (Lipinski definition) is 0. The van der Waals surface area contributed by atoms with Gasteiger partial charge in [0.25, 0.3) is 0 Å². The molecular weight excluding hydrogens is 262 g/mol. The fourth-order valence-electron chi connectivity index (χ4n) is 2.69. The molecule has 21 heavy (non-hydrogen) atoms. The quantitative estimate of drug-likeness (QED) is 0.848. The highest BCUT2D eigenvalue weighted by Gasteiger charge is 2.19. The molecule has 2 aromatic carbocycles. The van der Waals surface area contributed by atoms with E-state index in [1.807, 2.05) is 19.1 Å². The summed E-state index contributed by atoms with van der Waals surface area (Å²) in [7, 11) is 0. The van der Waals surface area contributed by atoms with Crippen LogP contribution >= 0.6 is 0 Å². The molecule has 0 amide bonds. The number of anilines is 1. The van der Waals surface area contributed by atoms with E-state index in [0.29, 0.717) is 13.3 Å². The lowest BCUT2D eigenvalue weighted by Crippen LogP contribution is -2.32. The first-order chi connectivity index (χ1) is 10.2. The molecule has 0 atom stereocenters. The second-order valence-electron chi connectivity index (χ2n) is 5.46. The van der Waals surface area contributed by atoms with Gasteiger partial charge < -0.3 is 14.4 Å². The van der Waals surface area contributed by atoms with Crippen LogP contribution in [0.5, 0.6) is 11.5 Å². The van der Waals surface area contributed by atoms with Gasteiger partial charge >= 0.3 is 0 Å². The topological polar surface area (TPSA) is 21.7 Å². The van der Waals surface area contributed by atoms with Crippen LogP contribution in [0.1, 0.15) is 23.6 Å². The zero-order valence-corrected chi connectivity index (χ0v) is 12.8. The molecule has 0 unspecified atom stereocenters. The number of aryl methyl sites for hydroxylation is 2. The SMILES string of the molecule is CCOc1ccc2c(c1)CN(c1cc(C)ccc1C)CO2. The fraction of sp³-hybridized carbons (Fsp3) is 0.333. The zero-order chi connectivity index (χ0) is 14.8. The van der Waals surface area contributed by atoms with Gasteiger partial charge in [-0.05, 0) is 56.2 Å². The van der Waals surface area contributed by atoms with Crippen LogP contribution in [0.2, 0.25) is 0 Å². The standard InChI is InChI=1S/C18H21NO2/c1-4-20-16-7-8-18-15(10-16)11-19(12-21-18)17-9-13(2)5-6-14(17)3/h5-10H,4,11-12H2,1-3H3. The normalized spacial score (nSPS) is 13.6. The highest BCUT2D eigenvalue weighted by atomic mass is 16.5. The fourth-order valence-corrected chi connectivity index (χ4v) is 2.69. The lowest BCUT2D eigenvalue weighted by atomic mass is 10.1. The van der Waals surface area contributed by atoms with Crippen molar-refractivity contribution in [3.8, 4) is 11.5 Å². The molecule has 0 saturated heterocycles. The van der Waals surface area contributed by atoms with E-state index in [2.05, 4.69) is 43.0 Å². The van der Waals surface area contributed by atoms with Gasteiger partial charge in [0.1, 0.15) is 11.5 Å².